The molecule has 0 aromatic carbocycles. The molecule has 1 fully saturated rings. The summed E-state index contributed by atoms with van der Waals surface area (Å²) in [5.74, 6) is -0.112. The average molecular weight is 287 g/mol. The summed E-state index contributed by atoms with van der Waals surface area (Å²) in [5.41, 5.74) is 0. The van der Waals surface area contributed by atoms with Crippen molar-refractivity contribution in [3.8, 4) is 0 Å². The van der Waals surface area contributed by atoms with Gasteiger partial charge in [0.05, 0.1) is 10.9 Å². The second-order valence-electron chi connectivity index (χ2n) is 4.29. The highest BCUT2D eigenvalue weighted by Gasteiger charge is 2.31. The molecule has 0 aliphatic carbocycles. The number of likely N-dealkylation sites (tertiary alicyclic amines) is 1. The van der Waals surface area contributed by atoms with E-state index >= 15 is 0 Å². The van der Waals surface area contributed by atoms with E-state index < -0.39 is 0 Å². The monoisotopic (exact) mass is 286 g/mol. The van der Waals surface area contributed by atoms with Crippen LogP contribution in [0.25, 0.3) is 0 Å². The van der Waals surface area contributed by atoms with Crippen molar-refractivity contribution in [2.75, 3.05) is 6.54 Å². The molecule has 2 heterocycles. The molecule has 2 rings (SSSR count). The highest BCUT2D eigenvalue weighted by atomic mass is 35.5. The van der Waals surface area contributed by atoms with Gasteiger partial charge < -0.3 is 10.2 Å². The molecule has 0 spiro atoms. The lowest BCUT2D eigenvalue weighted by Gasteiger charge is -2.22. The van der Waals surface area contributed by atoms with Gasteiger partial charge in [0, 0.05) is 18.3 Å². The van der Waals surface area contributed by atoms with Gasteiger partial charge in [-0.25, -0.2) is 0 Å². The van der Waals surface area contributed by atoms with Crippen LogP contribution in [0.4, 0.5) is 0 Å². The van der Waals surface area contributed by atoms with Crippen LogP contribution in [0.15, 0.2) is 12.1 Å². The Morgan fingerprint density at radius 2 is 2.33 bits per heavy atom. The van der Waals surface area contributed by atoms with E-state index in [4.69, 9.17) is 11.6 Å². The van der Waals surface area contributed by atoms with E-state index in [1.807, 2.05) is 12.1 Å². The molecule has 0 radical (unpaired) electrons. The van der Waals surface area contributed by atoms with E-state index in [1.54, 1.807) is 4.90 Å². The summed E-state index contributed by atoms with van der Waals surface area (Å²) in [5, 5.41) is 2.86. The zero-order chi connectivity index (χ0) is 13.1. The molecule has 2 amide bonds. The number of carbonyl (C=O) groups is 2. The molecule has 18 heavy (non-hydrogen) atoms. The second-order valence-corrected chi connectivity index (χ2v) is 6.09. The van der Waals surface area contributed by atoms with Gasteiger partial charge in [0.15, 0.2) is 0 Å². The van der Waals surface area contributed by atoms with Gasteiger partial charge in [0.1, 0.15) is 6.04 Å². The fourth-order valence-corrected chi connectivity index (χ4v) is 3.18. The average Bonchev–Trinajstić information content (AvgIpc) is 2.94. The molecule has 1 N–H and O–H groups in total. The topological polar surface area (TPSA) is 49.4 Å². The van der Waals surface area contributed by atoms with Crippen LogP contribution in [0, 0.1) is 0 Å². The van der Waals surface area contributed by atoms with Crippen molar-refractivity contribution in [3.05, 3.63) is 21.3 Å². The number of nitrogens with one attached hydrogen (secondary N) is 1. The van der Waals surface area contributed by atoms with E-state index in [2.05, 4.69) is 5.32 Å². The lowest BCUT2D eigenvalue weighted by atomic mass is 10.2. The van der Waals surface area contributed by atoms with Gasteiger partial charge in [-0.1, -0.05) is 11.6 Å². The van der Waals surface area contributed by atoms with Gasteiger partial charge in [-0.3, -0.25) is 9.59 Å². The quantitative estimate of drug-likeness (QED) is 0.924. The summed E-state index contributed by atoms with van der Waals surface area (Å²) in [7, 11) is 0. The van der Waals surface area contributed by atoms with Crippen molar-refractivity contribution >= 4 is 34.8 Å². The van der Waals surface area contributed by atoms with Gasteiger partial charge >= 0.3 is 0 Å². The van der Waals surface area contributed by atoms with Crippen molar-refractivity contribution < 1.29 is 9.59 Å². The lowest BCUT2D eigenvalue weighted by Crippen LogP contribution is -2.44. The number of thiophene rings is 1. The maximum atomic E-state index is 12.0. The number of hydrogen-bond acceptors (Lipinski definition) is 3. The number of nitrogens with zero attached hydrogens (tertiary/aromatic N) is 1. The Morgan fingerprint density at radius 1 is 1.56 bits per heavy atom. The molecule has 1 aliphatic rings. The standard InChI is InChI=1S/C12H15ClN2O2S/c1-8(16)15-6-2-3-10(15)12(17)14-7-9-4-5-11(13)18-9/h4-5,10H,2-3,6-7H2,1H3,(H,14,17)/t10-/m0/s1. The first-order chi connectivity index (χ1) is 8.58. The van der Waals surface area contributed by atoms with Gasteiger partial charge in [-0.15, -0.1) is 11.3 Å². The fourth-order valence-electron chi connectivity index (χ4n) is 2.15. The van der Waals surface area contributed by atoms with Crippen molar-refractivity contribution in [2.45, 2.75) is 32.4 Å². The molecular weight excluding hydrogens is 272 g/mol. The van der Waals surface area contributed by atoms with Gasteiger partial charge in [0.2, 0.25) is 11.8 Å². The predicted molar refractivity (Wildman–Crippen MR) is 71.6 cm³/mol. The molecule has 1 aromatic rings. The van der Waals surface area contributed by atoms with E-state index in [0.29, 0.717) is 17.4 Å². The summed E-state index contributed by atoms with van der Waals surface area (Å²) in [4.78, 5) is 26.0. The second kappa shape index (κ2) is 5.71. The summed E-state index contributed by atoms with van der Waals surface area (Å²) in [6, 6.07) is 3.40. The molecule has 1 saturated heterocycles. The lowest BCUT2D eigenvalue weighted by molar-refractivity contribution is -0.136. The molecule has 1 aliphatic heterocycles. The molecular formula is C12H15ClN2O2S. The minimum Gasteiger partial charge on any atom is -0.349 e. The van der Waals surface area contributed by atoms with Gasteiger partial charge in [0.25, 0.3) is 0 Å². The molecule has 4 nitrogen and oxygen atoms in total. The van der Waals surface area contributed by atoms with E-state index in [-0.39, 0.29) is 17.9 Å². The highest BCUT2D eigenvalue weighted by Crippen LogP contribution is 2.22. The van der Waals surface area contributed by atoms with Crippen molar-refractivity contribution in [3.63, 3.8) is 0 Å². The number of hydrogen-bond donors (Lipinski definition) is 1. The Balaban J connectivity index is 1.89. The number of halogens is 1. The molecule has 1 atom stereocenters. The SMILES string of the molecule is CC(=O)N1CCC[C@H]1C(=O)NCc1ccc(Cl)s1. The zero-order valence-corrected chi connectivity index (χ0v) is 11.7. The van der Waals surface area contributed by atoms with Crippen LogP contribution in [-0.4, -0.2) is 29.3 Å². The Kier molecular flexibility index (Phi) is 4.24. The van der Waals surface area contributed by atoms with Crippen molar-refractivity contribution in [1.29, 1.82) is 0 Å². The first-order valence-corrected chi connectivity index (χ1v) is 7.06. The fraction of sp³-hybridized carbons (Fsp3) is 0.500. The summed E-state index contributed by atoms with van der Waals surface area (Å²) in [6.45, 7) is 2.65. The van der Waals surface area contributed by atoms with E-state index in [1.165, 1.54) is 18.3 Å². The third-order valence-corrected chi connectivity index (χ3v) is 4.26. The summed E-state index contributed by atoms with van der Waals surface area (Å²) < 4.78 is 0.713. The molecule has 1 aromatic heterocycles. The summed E-state index contributed by atoms with van der Waals surface area (Å²) in [6.07, 6.45) is 1.64. The highest BCUT2D eigenvalue weighted by molar-refractivity contribution is 7.16. The third kappa shape index (κ3) is 3.03. The van der Waals surface area contributed by atoms with Crippen LogP contribution in [0.3, 0.4) is 0 Å². The smallest absolute Gasteiger partial charge is 0.243 e. The van der Waals surface area contributed by atoms with Crippen LogP contribution >= 0.6 is 22.9 Å². The Bertz CT molecular complexity index is 461. The first kappa shape index (κ1) is 13.4. The summed E-state index contributed by atoms with van der Waals surface area (Å²) >= 11 is 7.27. The molecule has 0 bridgehead atoms. The number of carbonyl (C=O) groups excluding carboxylic acids is 2. The van der Waals surface area contributed by atoms with Crippen LogP contribution in [0.2, 0.25) is 4.34 Å². The molecule has 6 heteroatoms. The normalized spacial score (nSPS) is 19.0. The molecule has 0 unspecified atom stereocenters. The Morgan fingerprint density at radius 3 is 2.94 bits per heavy atom. The third-order valence-electron chi connectivity index (χ3n) is 3.03. The maximum Gasteiger partial charge on any atom is 0.243 e. The first-order valence-electron chi connectivity index (χ1n) is 5.87. The van der Waals surface area contributed by atoms with Gasteiger partial charge in [-0.2, -0.15) is 0 Å². The predicted octanol–water partition coefficient (Wildman–Crippen LogP) is 2.03. The van der Waals surface area contributed by atoms with Gasteiger partial charge in [-0.05, 0) is 25.0 Å². The van der Waals surface area contributed by atoms with Crippen LogP contribution in [0.1, 0.15) is 24.6 Å². The molecule has 0 saturated carbocycles. The number of rotatable bonds is 3. The van der Waals surface area contributed by atoms with Crippen LogP contribution < -0.4 is 5.32 Å². The van der Waals surface area contributed by atoms with E-state index in [9.17, 15) is 9.59 Å². The molecule has 98 valence electrons. The van der Waals surface area contributed by atoms with Crippen LogP contribution in [0.5, 0.6) is 0 Å². The minimum atomic E-state index is -0.307. The zero-order valence-electron chi connectivity index (χ0n) is 10.1. The van der Waals surface area contributed by atoms with Crippen LogP contribution in [-0.2, 0) is 16.1 Å². The number of amides is 2. The van der Waals surface area contributed by atoms with Crippen molar-refractivity contribution in [1.82, 2.24) is 10.2 Å². The van der Waals surface area contributed by atoms with E-state index in [0.717, 1.165) is 17.7 Å². The maximum absolute atomic E-state index is 12.0. The largest absolute Gasteiger partial charge is 0.349 e. The minimum absolute atomic E-state index is 0.0354. The van der Waals surface area contributed by atoms with Crippen molar-refractivity contribution in [2.24, 2.45) is 0 Å². The Labute approximate surface area is 115 Å². The Hall–Kier alpha value is -1.07.